The smallest absolute Gasteiger partial charge is 0.257 e. The molecule has 2 amide bonds. The zero-order chi connectivity index (χ0) is 18.4. The van der Waals surface area contributed by atoms with E-state index in [1.54, 1.807) is 11.8 Å². The first-order valence-corrected chi connectivity index (χ1v) is 8.76. The van der Waals surface area contributed by atoms with Gasteiger partial charge in [-0.15, -0.1) is 0 Å². The van der Waals surface area contributed by atoms with E-state index < -0.39 is 0 Å². The summed E-state index contributed by atoms with van der Waals surface area (Å²) in [6.45, 7) is 6.34. The molecular formula is C21H21N3O2. The van der Waals surface area contributed by atoms with Crippen LogP contribution in [0.15, 0.2) is 36.4 Å². The maximum Gasteiger partial charge on any atom is 0.257 e. The van der Waals surface area contributed by atoms with Crippen LogP contribution in [0.4, 0.5) is 11.4 Å². The molecule has 0 spiro atoms. The zero-order valence-corrected chi connectivity index (χ0v) is 15.1. The number of hydrogen-bond acceptors (Lipinski definition) is 2. The minimum atomic E-state index is -0.141. The number of anilines is 2. The molecule has 1 aliphatic rings. The molecule has 132 valence electrons. The fourth-order valence-corrected chi connectivity index (χ4v) is 3.68. The number of nitrogens with one attached hydrogen (secondary N) is 2. The molecular weight excluding hydrogens is 326 g/mol. The topological polar surface area (TPSA) is 65.2 Å². The second kappa shape index (κ2) is 6.02. The van der Waals surface area contributed by atoms with Crippen LogP contribution in [0.5, 0.6) is 0 Å². The third kappa shape index (κ3) is 2.56. The Morgan fingerprint density at radius 2 is 1.96 bits per heavy atom. The summed E-state index contributed by atoms with van der Waals surface area (Å²) < 4.78 is 0. The second-order valence-corrected chi connectivity index (χ2v) is 6.82. The van der Waals surface area contributed by atoms with Gasteiger partial charge in [-0.05, 0) is 55.7 Å². The molecule has 0 unspecified atom stereocenters. The van der Waals surface area contributed by atoms with Gasteiger partial charge in [0.1, 0.15) is 0 Å². The summed E-state index contributed by atoms with van der Waals surface area (Å²) in [5, 5.41) is 4.06. The summed E-state index contributed by atoms with van der Waals surface area (Å²) in [5.74, 6) is -0.0945. The number of nitrogens with zero attached hydrogens (tertiary/aromatic N) is 1. The van der Waals surface area contributed by atoms with E-state index >= 15 is 0 Å². The molecule has 1 aromatic heterocycles. The van der Waals surface area contributed by atoms with E-state index in [4.69, 9.17) is 0 Å². The fraction of sp³-hybridized carbons (Fsp3) is 0.238. The molecule has 0 fully saturated rings. The van der Waals surface area contributed by atoms with Gasteiger partial charge in [-0.1, -0.05) is 12.1 Å². The van der Waals surface area contributed by atoms with Gasteiger partial charge in [-0.2, -0.15) is 0 Å². The van der Waals surface area contributed by atoms with Crippen molar-refractivity contribution in [2.24, 2.45) is 0 Å². The van der Waals surface area contributed by atoms with Crippen LogP contribution in [-0.2, 0) is 11.2 Å². The summed E-state index contributed by atoms with van der Waals surface area (Å²) in [6, 6.07) is 11.5. The molecule has 0 atom stereocenters. The van der Waals surface area contributed by atoms with Crippen molar-refractivity contribution in [3.05, 3.63) is 58.8 Å². The number of rotatable bonds is 2. The maximum atomic E-state index is 12.8. The molecule has 4 rings (SSSR count). The molecule has 2 heterocycles. The normalized spacial score (nSPS) is 13.1. The number of carbonyl (C=O) groups is 2. The van der Waals surface area contributed by atoms with E-state index in [0.717, 1.165) is 45.5 Å². The Bertz CT molecular complexity index is 1050. The standard InChI is InChI=1S/C21H21N3O2/c1-12-13(2)22-20-17(12)5-4-6-18(20)21(26)23-16-7-8-19-15(11-16)9-10-24(19)14(3)25/h4-8,11,22H,9-10H2,1-3H3,(H,23,26). The molecule has 0 bridgehead atoms. The number of amides is 2. The SMILES string of the molecule is CC(=O)N1CCc2cc(NC(=O)c3cccc4c(C)c(C)[nH]c34)ccc21. The summed E-state index contributed by atoms with van der Waals surface area (Å²) in [6.07, 6.45) is 0.809. The molecule has 2 aromatic carbocycles. The second-order valence-electron chi connectivity index (χ2n) is 6.82. The van der Waals surface area contributed by atoms with E-state index in [9.17, 15) is 9.59 Å². The number of hydrogen-bond donors (Lipinski definition) is 2. The van der Waals surface area contributed by atoms with E-state index in [1.807, 2.05) is 43.3 Å². The van der Waals surface area contributed by atoms with Gasteiger partial charge in [0.25, 0.3) is 5.91 Å². The fourth-order valence-electron chi connectivity index (χ4n) is 3.68. The molecule has 3 aromatic rings. The van der Waals surface area contributed by atoms with Crippen LogP contribution in [-0.4, -0.2) is 23.3 Å². The average Bonchev–Trinajstić information content (AvgIpc) is 3.16. The molecule has 0 saturated carbocycles. The van der Waals surface area contributed by atoms with Crippen molar-refractivity contribution in [2.45, 2.75) is 27.2 Å². The molecule has 5 heteroatoms. The van der Waals surface area contributed by atoms with Crippen molar-refractivity contribution in [3.63, 3.8) is 0 Å². The van der Waals surface area contributed by atoms with Gasteiger partial charge < -0.3 is 15.2 Å². The highest BCUT2D eigenvalue weighted by molar-refractivity contribution is 6.12. The Balaban J connectivity index is 1.64. The highest BCUT2D eigenvalue weighted by atomic mass is 16.2. The lowest BCUT2D eigenvalue weighted by molar-refractivity contribution is -0.116. The summed E-state index contributed by atoms with van der Waals surface area (Å²) in [7, 11) is 0. The van der Waals surface area contributed by atoms with Gasteiger partial charge in [-0.25, -0.2) is 0 Å². The molecule has 0 aliphatic carbocycles. The van der Waals surface area contributed by atoms with Gasteiger partial charge in [0, 0.05) is 35.9 Å². The summed E-state index contributed by atoms with van der Waals surface area (Å²) in [4.78, 5) is 29.6. The first kappa shape index (κ1) is 16.4. The van der Waals surface area contributed by atoms with Gasteiger partial charge in [-0.3, -0.25) is 9.59 Å². The number of aryl methyl sites for hydroxylation is 2. The van der Waals surface area contributed by atoms with Crippen LogP contribution in [0.2, 0.25) is 0 Å². The molecule has 0 radical (unpaired) electrons. The van der Waals surface area contributed by atoms with E-state index in [1.165, 1.54) is 0 Å². The third-order valence-corrected chi connectivity index (χ3v) is 5.20. The number of fused-ring (bicyclic) bond motifs is 2. The van der Waals surface area contributed by atoms with E-state index in [-0.39, 0.29) is 11.8 Å². The Morgan fingerprint density at radius 3 is 2.73 bits per heavy atom. The Morgan fingerprint density at radius 1 is 1.15 bits per heavy atom. The number of benzene rings is 2. The molecule has 5 nitrogen and oxygen atoms in total. The highest BCUT2D eigenvalue weighted by Gasteiger charge is 2.22. The van der Waals surface area contributed by atoms with Gasteiger partial charge in [0.15, 0.2) is 0 Å². The first-order valence-electron chi connectivity index (χ1n) is 8.76. The minimum absolute atomic E-state index is 0.0460. The lowest BCUT2D eigenvalue weighted by Crippen LogP contribution is -2.25. The predicted molar refractivity (Wildman–Crippen MR) is 104 cm³/mol. The highest BCUT2D eigenvalue weighted by Crippen LogP contribution is 2.31. The molecule has 2 N–H and O–H groups in total. The lowest BCUT2D eigenvalue weighted by Gasteiger charge is -2.15. The predicted octanol–water partition coefficient (Wildman–Crippen LogP) is 3.95. The Hall–Kier alpha value is -3.08. The minimum Gasteiger partial charge on any atom is -0.358 e. The Labute approximate surface area is 152 Å². The van der Waals surface area contributed by atoms with Crippen LogP contribution in [0.25, 0.3) is 10.9 Å². The van der Waals surface area contributed by atoms with Crippen molar-refractivity contribution < 1.29 is 9.59 Å². The van der Waals surface area contributed by atoms with Gasteiger partial charge >= 0.3 is 0 Å². The largest absolute Gasteiger partial charge is 0.358 e. The summed E-state index contributed by atoms with van der Waals surface area (Å²) in [5.41, 5.74) is 6.50. The summed E-state index contributed by atoms with van der Waals surface area (Å²) >= 11 is 0. The number of aromatic amines is 1. The monoisotopic (exact) mass is 347 g/mol. The van der Waals surface area contributed by atoms with Crippen molar-refractivity contribution in [3.8, 4) is 0 Å². The van der Waals surface area contributed by atoms with Crippen LogP contribution >= 0.6 is 0 Å². The van der Waals surface area contributed by atoms with Crippen molar-refractivity contribution in [2.75, 3.05) is 16.8 Å². The van der Waals surface area contributed by atoms with Crippen molar-refractivity contribution in [1.29, 1.82) is 0 Å². The van der Waals surface area contributed by atoms with Crippen molar-refractivity contribution >= 4 is 34.1 Å². The first-order chi connectivity index (χ1) is 12.5. The van der Waals surface area contributed by atoms with Crippen LogP contribution in [0.3, 0.4) is 0 Å². The zero-order valence-electron chi connectivity index (χ0n) is 15.1. The third-order valence-electron chi connectivity index (χ3n) is 5.20. The molecule has 26 heavy (non-hydrogen) atoms. The Kier molecular flexibility index (Phi) is 3.80. The number of aromatic nitrogens is 1. The van der Waals surface area contributed by atoms with Crippen LogP contribution in [0, 0.1) is 13.8 Å². The van der Waals surface area contributed by atoms with Crippen LogP contribution < -0.4 is 10.2 Å². The van der Waals surface area contributed by atoms with Gasteiger partial charge in [0.2, 0.25) is 5.91 Å². The number of carbonyl (C=O) groups excluding carboxylic acids is 2. The van der Waals surface area contributed by atoms with E-state index in [2.05, 4.69) is 17.2 Å². The van der Waals surface area contributed by atoms with Crippen molar-refractivity contribution in [1.82, 2.24) is 4.98 Å². The molecule has 1 aliphatic heterocycles. The number of para-hydroxylation sites is 1. The number of H-pyrrole nitrogens is 1. The molecule has 0 saturated heterocycles. The van der Waals surface area contributed by atoms with Crippen LogP contribution in [0.1, 0.15) is 34.1 Å². The average molecular weight is 347 g/mol. The quantitative estimate of drug-likeness (QED) is 0.737. The lowest BCUT2D eigenvalue weighted by atomic mass is 10.1. The maximum absolute atomic E-state index is 12.8. The van der Waals surface area contributed by atoms with E-state index in [0.29, 0.717) is 12.1 Å². The van der Waals surface area contributed by atoms with Gasteiger partial charge in [0.05, 0.1) is 11.1 Å².